The summed E-state index contributed by atoms with van der Waals surface area (Å²) >= 11 is 0. The van der Waals surface area contributed by atoms with Crippen LogP contribution in [0, 0.1) is 0 Å². The number of nitrogens with zero attached hydrogens (tertiary/aromatic N) is 1. The van der Waals surface area contributed by atoms with Crippen LogP contribution in [0.1, 0.15) is 49.9 Å². The van der Waals surface area contributed by atoms with Crippen molar-refractivity contribution in [3.63, 3.8) is 0 Å². The predicted octanol–water partition coefficient (Wildman–Crippen LogP) is 10.9. The molecule has 0 radical (unpaired) electrons. The van der Waals surface area contributed by atoms with Gasteiger partial charge in [-0.15, -0.1) is 0 Å². The highest BCUT2D eigenvalue weighted by molar-refractivity contribution is 5.95. The molecule has 198 valence electrons. The summed E-state index contributed by atoms with van der Waals surface area (Å²) < 4.78 is 0. The van der Waals surface area contributed by atoms with Gasteiger partial charge in [0.25, 0.3) is 0 Å². The van der Waals surface area contributed by atoms with Crippen LogP contribution in [0.15, 0.2) is 127 Å². The summed E-state index contributed by atoms with van der Waals surface area (Å²) in [6, 6.07) is 47.3. The molecule has 0 spiro atoms. The van der Waals surface area contributed by atoms with E-state index < -0.39 is 0 Å². The van der Waals surface area contributed by atoms with Crippen molar-refractivity contribution in [3.05, 3.63) is 150 Å². The fourth-order valence-electron chi connectivity index (χ4n) is 7.39. The summed E-state index contributed by atoms with van der Waals surface area (Å²) in [6.07, 6.45) is 0. The molecule has 1 heteroatoms. The van der Waals surface area contributed by atoms with Crippen LogP contribution in [0.2, 0.25) is 0 Å². The number of benzene rings is 6. The summed E-state index contributed by atoms with van der Waals surface area (Å²) in [4.78, 5) is 2.53. The van der Waals surface area contributed by atoms with Crippen LogP contribution in [-0.2, 0) is 10.8 Å². The van der Waals surface area contributed by atoms with Crippen LogP contribution in [0.3, 0.4) is 0 Å². The standard InChI is InChI=1S/C40H33N/c1-39(2)32-16-9-10-19-36(32)41-37-23-22-29(25-35(37)40(3,4)34-18-11-17-33(39)38(34)41)31-15-8-7-14-30(31)28-21-20-26-12-5-6-13-27(26)24-28/h5-25H,1-4H3. The molecule has 41 heavy (non-hydrogen) atoms. The normalized spacial score (nSPS) is 15.7. The Morgan fingerprint density at radius 3 is 1.71 bits per heavy atom. The SMILES string of the molecule is CC1(C)c2ccccc2N2c3ccc(-c4ccccc4-c4ccc5ccccc5c4)cc3C(C)(C)c3cccc1c32. The zero-order chi connectivity index (χ0) is 27.9. The van der Waals surface area contributed by atoms with E-state index in [1.807, 2.05) is 0 Å². The molecule has 0 aromatic heterocycles. The number of hydrogen-bond donors (Lipinski definition) is 0. The van der Waals surface area contributed by atoms with Gasteiger partial charge in [-0.05, 0) is 79.5 Å². The van der Waals surface area contributed by atoms with Crippen molar-refractivity contribution in [1.29, 1.82) is 0 Å². The summed E-state index contributed by atoms with van der Waals surface area (Å²) in [5, 5.41) is 2.54. The zero-order valence-corrected chi connectivity index (χ0v) is 24.1. The van der Waals surface area contributed by atoms with Crippen LogP contribution in [0.25, 0.3) is 33.0 Å². The lowest BCUT2D eigenvalue weighted by Crippen LogP contribution is -2.38. The molecule has 0 aliphatic carbocycles. The number of anilines is 3. The van der Waals surface area contributed by atoms with Gasteiger partial charge in [0.1, 0.15) is 0 Å². The maximum absolute atomic E-state index is 2.53. The van der Waals surface area contributed by atoms with Crippen LogP contribution in [0.5, 0.6) is 0 Å². The van der Waals surface area contributed by atoms with E-state index in [-0.39, 0.29) is 10.8 Å². The van der Waals surface area contributed by atoms with Crippen LogP contribution in [-0.4, -0.2) is 0 Å². The van der Waals surface area contributed by atoms with Gasteiger partial charge in [-0.2, -0.15) is 0 Å². The van der Waals surface area contributed by atoms with Crippen molar-refractivity contribution >= 4 is 27.8 Å². The predicted molar refractivity (Wildman–Crippen MR) is 174 cm³/mol. The Hall–Kier alpha value is -4.62. The maximum Gasteiger partial charge on any atom is 0.0543 e. The molecule has 0 N–H and O–H groups in total. The quantitative estimate of drug-likeness (QED) is 0.216. The van der Waals surface area contributed by atoms with E-state index in [4.69, 9.17) is 0 Å². The molecule has 6 aromatic carbocycles. The second kappa shape index (κ2) is 8.44. The third-order valence-corrected chi connectivity index (χ3v) is 9.63. The molecule has 1 nitrogen and oxygen atoms in total. The van der Waals surface area contributed by atoms with Crippen molar-refractivity contribution in [2.45, 2.75) is 38.5 Å². The molecule has 0 atom stereocenters. The van der Waals surface area contributed by atoms with Crippen LogP contribution < -0.4 is 4.90 Å². The van der Waals surface area contributed by atoms with E-state index in [0.717, 1.165) is 0 Å². The Balaban J connectivity index is 1.34. The van der Waals surface area contributed by atoms with Gasteiger partial charge in [0.05, 0.1) is 17.1 Å². The van der Waals surface area contributed by atoms with E-state index in [9.17, 15) is 0 Å². The van der Waals surface area contributed by atoms with Gasteiger partial charge in [0.2, 0.25) is 0 Å². The minimum Gasteiger partial charge on any atom is -0.309 e. The Labute approximate surface area is 242 Å². The van der Waals surface area contributed by atoms with Crippen LogP contribution in [0.4, 0.5) is 17.1 Å². The third-order valence-electron chi connectivity index (χ3n) is 9.63. The summed E-state index contributed by atoms with van der Waals surface area (Å²) in [5.74, 6) is 0. The van der Waals surface area contributed by atoms with Crippen LogP contribution >= 0.6 is 0 Å². The molecule has 0 fully saturated rings. The summed E-state index contributed by atoms with van der Waals surface area (Å²) in [6.45, 7) is 9.53. The largest absolute Gasteiger partial charge is 0.309 e. The molecule has 0 saturated heterocycles. The lowest BCUT2D eigenvalue weighted by Gasteiger charge is -2.49. The van der Waals surface area contributed by atoms with E-state index in [0.29, 0.717) is 0 Å². The molecule has 2 heterocycles. The minimum absolute atomic E-state index is 0.0647. The van der Waals surface area contributed by atoms with E-state index >= 15 is 0 Å². The van der Waals surface area contributed by atoms with E-state index in [2.05, 4.69) is 160 Å². The van der Waals surface area contributed by atoms with E-state index in [1.54, 1.807) is 0 Å². The lowest BCUT2D eigenvalue weighted by atomic mass is 9.66. The Bertz CT molecular complexity index is 2010. The molecular weight excluding hydrogens is 494 g/mol. The minimum atomic E-state index is -0.145. The molecule has 0 saturated carbocycles. The second-order valence-electron chi connectivity index (χ2n) is 12.6. The molecule has 0 unspecified atom stereocenters. The van der Waals surface area contributed by atoms with Gasteiger partial charge >= 0.3 is 0 Å². The Morgan fingerprint density at radius 2 is 0.951 bits per heavy atom. The van der Waals surface area contributed by atoms with Crippen molar-refractivity contribution in [2.24, 2.45) is 0 Å². The van der Waals surface area contributed by atoms with Gasteiger partial charge in [0.15, 0.2) is 0 Å². The van der Waals surface area contributed by atoms with Crippen molar-refractivity contribution in [1.82, 2.24) is 0 Å². The molecule has 2 aliphatic heterocycles. The molecule has 6 aromatic rings. The lowest BCUT2D eigenvalue weighted by molar-refractivity contribution is 0.597. The molecule has 2 aliphatic rings. The highest BCUT2D eigenvalue weighted by atomic mass is 15.2. The first kappa shape index (κ1) is 24.2. The van der Waals surface area contributed by atoms with Gasteiger partial charge in [-0.3, -0.25) is 0 Å². The third kappa shape index (κ3) is 3.36. The van der Waals surface area contributed by atoms with Crippen molar-refractivity contribution in [3.8, 4) is 22.3 Å². The highest BCUT2D eigenvalue weighted by Gasteiger charge is 2.45. The van der Waals surface area contributed by atoms with Crippen molar-refractivity contribution in [2.75, 3.05) is 4.90 Å². The summed E-state index contributed by atoms with van der Waals surface area (Å²) in [5.41, 5.74) is 14.3. The molecule has 0 amide bonds. The Morgan fingerprint density at radius 1 is 0.415 bits per heavy atom. The fraction of sp³-hybridized carbons (Fsp3) is 0.150. The van der Waals surface area contributed by atoms with Crippen molar-refractivity contribution < 1.29 is 0 Å². The van der Waals surface area contributed by atoms with E-state index in [1.165, 1.54) is 72.3 Å². The van der Waals surface area contributed by atoms with Gasteiger partial charge < -0.3 is 4.90 Å². The maximum atomic E-state index is 2.53. The fourth-order valence-corrected chi connectivity index (χ4v) is 7.39. The molecular formula is C40H33N. The first-order valence-corrected chi connectivity index (χ1v) is 14.6. The smallest absolute Gasteiger partial charge is 0.0543 e. The molecule has 0 bridgehead atoms. The first-order valence-electron chi connectivity index (χ1n) is 14.6. The van der Waals surface area contributed by atoms with Gasteiger partial charge in [-0.25, -0.2) is 0 Å². The van der Waals surface area contributed by atoms with Gasteiger partial charge in [-0.1, -0.05) is 131 Å². The first-order chi connectivity index (χ1) is 19.9. The number of hydrogen-bond acceptors (Lipinski definition) is 1. The topological polar surface area (TPSA) is 3.24 Å². The molecule has 8 rings (SSSR count). The summed E-state index contributed by atoms with van der Waals surface area (Å²) in [7, 11) is 0. The highest BCUT2D eigenvalue weighted by Crippen LogP contribution is 2.60. The average Bonchev–Trinajstić information content (AvgIpc) is 3.00. The van der Waals surface area contributed by atoms with Gasteiger partial charge in [0, 0.05) is 10.8 Å². The number of para-hydroxylation sites is 2. The average molecular weight is 528 g/mol. The monoisotopic (exact) mass is 527 g/mol. The number of rotatable bonds is 2. The number of fused-ring (bicyclic) bond motifs is 5. The zero-order valence-electron chi connectivity index (χ0n) is 24.1. The Kier molecular flexibility index (Phi) is 4.98. The second-order valence-corrected chi connectivity index (χ2v) is 12.6.